The van der Waals surface area contributed by atoms with Crippen molar-refractivity contribution in [3.05, 3.63) is 18.2 Å². The van der Waals surface area contributed by atoms with E-state index < -0.39 is 12.1 Å². The SMILES string of the molecule is CC(=O)Nc1ccc(OC(F)(F)F)c(OCCCN2CCCC2)c1. The summed E-state index contributed by atoms with van der Waals surface area (Å²) in [6, 6.07) is 3.80. The number of carbonyl (C=O) groups excluding carboxylic acids is 1. The maximum absolute atomic E-state index is 12.5. The molecule has 1 fully saturated rings. The summed E-state index contributed by atoms with van der Waals surface area (Å²) < 4.78 is 46.8. The molecule has 0 radical (unpaired) electrons. The van der Waals surface area contributed by atoms with Crippen LogP contribution in [0.25, 0.3) is 0 Å². The van der Waals surface area contributed by atoms with E-state index in [0.717, 1.165) is 25.7 Å². The molecule has 1 aliphatic heterocycles. The zero-order valence-electron chi connectivity index (χ0n) is 13.5. The summed E-state index contributed by atoms with van der Waals surface area (Å²) in [5.74, 6) is -0.780. The van der Waals surface area contributed by atoms with Gasteiger partial charge in [0.1, 0.15) is 0 Å². The molecule has 1 aliphatic rings. The van der Waals surface area contributed by atoms with Gasteiger partial charge in [-0.2, -0.15) is 0 Å². The molecule has 2 rings (SSSR count). The first-order chi connectivity index (χ1) is 11.3. The average molecular weight is 346 g/mol. The number of hydrogen-bond acceptors (Lipinski definition) is 4. The maximum atomic E-state index is 12.5. The molecule has 0 spiro atoms. The van der Waals surface area contributed by atoms with Crippen molar-refractivity contribution in [3.63, 3.8) is 0 Å². The molecular weight excluding hydrogens is 325 g/mol. The number of halogens is 3. The molecule has 8 heteroatoms. The maximum Gasteiger partial charge on any atom is 0.573 e. The monoisotopic (exact) mass is 346 g/mol. The predicted molar refractivity (Wildman–Crippen MR) is 83.2 cm³/mol. The van der Waals surface area contributed by atoms with Gasteiger partial charge in [0.05, 0.1) is 6.61 Å². The molecule has 1 saturated heterocycles. The lowest BCUT2D eigenvalue weighted by Gasteiger charge is -2.17. The summed E-state index contributed by atoms with van der Waals surface area (Å²) >= 11 is 0. The van der Waals surface area contributed by atoms with Crippen LogP contribution in [-0.2, 0) is 4.79 Å². The Labute approximate surface area is 138 Å². The third kappa shape index (κ3) is 6.27. The van der Waals surface area contributed by atoms with Crippen molar-refractivity contribution in [1.29, 1.82) is 0 Å². The van der Waals surface area contributed by atoms with Crippen molar-refractivity contribution in [3.8, 4) is 11.5 Å². The molecule has 0 atom stereocenters. The normalized spacial score (nSPS) is 15.3. The van der Waals surface area contributed by atoms with Gasteiger partial charge < -0.3 is 19.7 Å². The Morgan fingerprint density at radius 1 is 1.25 bits per heavy atom. The first-order valence-corrected chi connectivity index (χ1v) is 7.86. The van der Waals surface area contributed by atoms with Crippen LogP contribution in [0.2, 0.25) is 0 Å². The van der Waals surface area contributed by atoms with Crippen LogP contribution in [0.5, 0.6) is 11.5 Å². The number of carbonyl (C=O) groups is 1. The summed E-state index contributed by atoms with van der Waals surface area (Å²) in [6.07, 6.45) is -1.73. The number of likely N-dealkylation sites (tertiary alicyclic amines) is 1. The van der Waals surface area contributed by atoms with E-state index in [-0.39, 0.29) is 18.3 Å². The van der Waals surface area contributed by atoms with Crippen molar-refractivity contribution in [1.82, 2.24) is 4.90 Å². The third-order valence-corrected chi connectivity index (χ3v) is 3.56. The molecular formula is C16H21F3N2O3. The van der Waals surface area contributed by atoms with Crippen LogP contribution in [-0.4, -0.2) is 43.4 Å². The van der Waals surface area contributed by atoms with Crippen molar-refractivity contribution in [2.75, 3.05) is 31.6 Å². The first kappa shape index (κ1) is 18.4. The fraction of sp³-hybridized carbons (Fsp3) is 0.562. The second-order valence-corrected chi connectivity index (χ2v) is 5.64. The summed E-state index contributed by atoms with van der Waals surface area (Å²) in [7, 11) is 0. The lowest BCUT2D eigenvalue weighted by molar-refractivity contribution is -0.275. The zero-order chi connectivity index (χ0) is 17.6. The van der Waals surface area contributed by atoms with Crippen LogP contribution in [0.3, 0.4) is 0 Å². The number of nitrogens with one attached hydrogen (secondary N) is 1. The molecule has 0 saturated carbocycles. The minimum absolute atomic E-state index is 0.0417. The van der Waals surface area contributed by atoms with Gasteiger partial charge in [-0.3, -0.25) is 4.79 Å². The average Bonchev–Trinajstić information content (AvgIpc) is 2.97. The van der Waals surface area contributed by atoms with Crippen LogP contribution < -0.4 is 14.8 Å². The van der Waals surface area contributed by atoms with E-state index in [0.29, 0.717) is 12.1 Å². The molecule has 0 bridgehead atoms. The Hall–Kier alpha value is -1.96. The fourth-order valence-corrected chi connectivity index (χ4v) is 2.59. The minimum atomic E-state index is -4.80. The standard InChI is InChI=1S/C16H21F3N2O3/c1-12(22)20-13-5-6-14(24-16(17,18)19)15(11-13)23-10-4-9-21-7-2-3-8-21/h5-6,11H,2-4,7-10H2,1H3,(H,20,22). The number of alkyl halides is 3. The van der Waals surface area contributed by atoms with Gasteiger partial charge in [0, 0.05) is 25.2 Å². The quantitative estimate of drug-likeness (QED) is 0.769. The highest BCUT2D eigenvalue weighted by Gasteiger charge is 2.32. The van der Waals surface area contributed by atoms with Gasteiger partial charge >= 0.3 is 6.36 Å². The Kier molecular flexibility index (Phi) is 6.30. The summed E-state index contributed by atoms with van der Waals surface area (Å²) in [5.41, 5.74) is 0.353. The Morgan fingerprint density at radius 3 is 2.58 bits per heavy atom. The molecule has 134 valence electrons. The zero-order valence-corrected chi connectivity index (χ0v) is 13.5. The largest absolute Gasteiger partial charge is 0.573 e. The Balaban J connectivity index is 1.97. The lowest BCUT2D eigenvalue weighted by Crippen LogP contribution is -2.22. The van der Waals surface area contributed by atoms with Gasteiger partial charge in [-0.25, -0.2) is 0 Å². The van der Waals surface area contributed by atoms with Crippen molar-refractivity contribution < 1.29 is 27.4 Å². The van der Waals surface area contributed by atoms with Crippen molar-refractivity contribution in [2.45, 2.75) is 32.5 Å². The topological polar surface area (TPSA) is 50.8 Å². The number of amides is 1. The van der Waals surface area contributed by atoms with E-state index in [4.69, 9.17) is 4.74 Å². The lowest BCUT2D eigenvalue weighted by atomic mass is 10.2. The highest BCUT2D eigenvalue weighted by molar-refractivity contribution is 5.89. The molecule has 0 unspecified atom stereocenters. The minimum Gasteiger partial charge on any atom is -0.490 e. The second-order valence-electron chi connectivity index (χ2n) is 5.64. The summed E-state index contributed by atoms with van der Waals surface area (Å²) in [6.45, 7) is 4.55. The highest BCUT2D eigenvalue weighted by Crippen LogP contribution is 2.34. The first-order valence-electron chi connectivity index (χ1n) is 7.86. The van der Waals surface area contributed by atoms with E-state index in [2.05, 4.69) is 15.0 Å². The molecule has 1 aromatic rings. The smallest absolute Gasteiger partial charge is 0.490 e. The second kappa shape index (κ2) is 8.23. The molecule has 1 N–H and O–H groups in total. The van der Waals surface area contributed by atoms with Gasteiger partial charge in [0.25, 0.3) is 0 Å². The molecule has 0 aliphatic carbocycles. The molecule has 1 aromatic carbocycles. The molecule has 5 nitrogen and oxygen atoms in total. The predicted octanol–water partition coefficient (Wildman–Crippen LogP) is 3.41. The molecule has 0 aromatic heterocycles. The number of ether oxygens (including phenoxy) is 2. The fourth-order valence-electron chi connectivity index (χ4n) is 2.59. The van der Waals surface area contributed by atoms with E-state index in [1.54, 1.807) is 0 Å². The summed E-state index contributed by atoms with van der Waals surface area (Å²) in [5, 5.41) is 2.51. The molecule has 24 heavy (non-hydrogen) atoms. The van der Waals surface area contributed by atoms with Crippen molar-refractivity contribution >= 4 is 11.6 Å². The summed E-state index contributed by atoms with van der Waals surface area (Å²) in [4.78, 5) is 13.4. The van der Waals surface area contributed by atoms with E-state index in [1.165, 1.54) is 31.9 Å². The highest BCUT2D eigenvalue weighted by atomic mass is 19.4. The van der Waals surface area contributed by atoms with Gasteiger partial charge in [-0.15, -0.1) is 13.2 Å². The number of rotatable bonds is 7. The van der Waals surface area contributed by atoms with E-state index in [1.807, 2.05) is 0 Å². The van der Waals surface area contributed by atoms with Crippen LogP contribution in [0.4, 0.5) is 18.9 Å². The Bertz CT molecular complexity index is 558. The van der Waals surface area contributed by atoms with Crippen molar-refractivity contribution in [2.24, 2.45) is 0 Å². The number of anilines is 1. The van der Waals surface area contributed by atoms with E-state index in [9.17, 15) is 18.0 Å². The molecule has 1 heterocycles. The van der Waals surface area contributed by atoms with Crippen LogP contribution >= 0.6 is 0 Å². The van der Waals surface area contributed by atoms with E-state index >= 15 is 0 Å². The number of benzene rings is 1. The van der Waals surface area contributed by atoms with Gasteiger partial charge in [-0.1, -0.05) is 0 Å². The third-order valence-electron chi connectivity index (χ3n) is 3.56. The van der Waals surface area contributed by atoms with Gasteiger partial charge in [0.2, 0.25) is 5.91 Å². The van der Waals surface area contributed by atoms with Crippen LogP contribution in [0, 0.1) is 0 Å². The van der Waals surface area contributed by atoms with Crippen LogP contribution in [0.15, 0.2) is 18.2 Å². The van der Waals surface area contributed by atoms with Crippen LogP contribution in [0.1, 0.15) is 26.2 Å². The molecule has 1 amide bonds. The number of nitrogens with zero attached hydrogens (tertiary/aromatic N) is 1. The number of hydrogen-bond donors (Lipinski definition) is 1. The Morgan fingerprint density at radius 2 is 1.96 bits per heavy atom. The van der Waals surface area contributed by atoms with Gasteiger partial charge in [0.15, 0.2) is 11.5 Å². The van der Waals surface area contributed by atoms with Gasteiger partial charge in [-0.05, 0) is 44.5 Å².